The summed E-state index contributed by atoms with van der Waals surface area (Å²) >= 11 is 0. The van der Waals surface area contributed by atoms with Gasteiger partial charge in [0.15, 0.2) is 0 Å². The summed E-state index contributed by atoms with van der Waals surface area (Å²) in [6.45, 7) is 3.20. The summed E-state index contributed by atoms with van der Waals surface area (Å²) in [6, 6.07) is 0. The Bertz CT molecular complexity index is 51.9. The molecule has 2 nitrogen and oxygen atoms in total. The van der Waals surface area contributed by atoms with Gasteiger partial charge in [-0.25, -0.2) is 0 Å². The van der Waals surface area contributed by atoms with E-state index in [1.807, 2.05) is 0 Å². The van der Waals surface area contributed by atoms with Gasteiger partial charge in [-0.2, -0.15) is 0 Å². The van der Waals surface area contributed by atoms with Crippen LogP contribution in [-0.4, -0.2) is 12.9 Å². The van der Waals surface area contributed by atoms with Gasteiger partial charge in [0.05, 0.1) is 0 Å². The lowest BCUT2D eigenvalue weighted by Crippen LogP contribution is -1.89. The van der Waals surface area contributed by atoms with E-state index in [1.165, 1.54) is 0 Å². The summed E-state index contributed by atoms with van der Waals surface area (Å²) in [5.74, 6) is 2.28. The van der Waals surface area contributed by atoms with Crippen molar-refractivity contribution in [3.8, 4) is 0 Å². The molecule has 0 heterocycles. The van der Waals surface area contributed by atoms with Crippen molar-refractivity contribution >= 4 is 5.87 Å². The average molecular weight is 70.1 g/mol. The molecule has 0 spiro atoms. The highest BCUT2D eigenvalue weighted by Crippen LogP contribution is 1.33. The van der Waals surface area contributed by atoms with E-state index >= 15 is 0 Å². The Kier molecular flexibility index (Phi) is 2.76. The smallest absolute Gasteiger partial charge is 0.0224 e. The highest BCUT2D eigenvalue weighted by Gasteiger charge is 1.39. The monoisotopic (exact) mass is 70.1 g/mol. The molecular formula is C3H6N2. The third kappa shape index (κ3) is 3.25. The van der Waals surface area contributed by atoms with Crippen molar-refractivity contribution in [2.45, 2.75) is 0 Å². The summed E-state index contributed by atoms with van der Waals surface area (Å²) in [6.07, 6.45) is 0. The molecule has 0 aliphatic heterocycles. The fourth-order valence-electron chi connectivity index (χ4n) is 0.0791. The van der Waals surface area contributed by atoms with Gasteiger partial charge in [0.2, 0.25) is 0 Å². The first-order valence-electron chi connectivity index (χ1n) is 1.30. The van der Waals surface area contributed by atoms with Gasteiger partial charge in [0.1, 0.15) is 0 Å². The Labute approximate surface area is 31.2 Å². The molecule has 0 aliphatic carbocycles. The number of hydrazone groups is 1. The van der Waals surface area contributed by atoms with Crippen molar-refractivity contribution in [1.82, 2.24) is 5.43 Å². The molecule has 0 saturated heterocycles. The summed E-state index contributed by atoms with van der Waals surface area (Å²) in [7, 11) is 1.69. The molecule has 0 rings (SSSR count). The summed E-state index contributed by atoms with van der Waals surface area (Å²) in [5.41, 5.74) is 2.47. The number of nitrogens with zero attached hydrogens (tertiary/aromatic N) is 1. The Balaban J connectivity index is 2.93. The molecule has 0 aromatic heterocycles. The number of rotatable bonds is 1. The Morgan fingerprint density at radius 3 is 2.60 bits per heavy atom. The lowest BCUT2D eigenvalue weighted by atomic mass is 11.2. The van der Waals surface area contributed by atoms with Crippen LogP contribution < -0.4 is 5.43 Å². The normalized spacial score (nSPS) is 5.00. The Morgan fingerprint density at radius 2 is 2.60 bits per heavy atom. The topological polar surface area (TPSA) is 24.4 Å². The van der Waals surface area contributed by atoms with Crippen LogP contribution in [0, 0.1) is 0 Å². The third-order valence-corrected chi connectivity index (χ3v) is 0.191. The Hall–Kier alpha value is -0.750. The predicted octanol–water partition coefficient (Wildman–Crippen LogP) is -0.0235. The summed E-state index contributed by atoms with van der Waals surface area (Å²) in [5, 5.41) is 3.36. The van der Waals surface area contributed by atoms with Gasteiger partial charge in [0.25, 0.3) is 0 Å². The van der Waals surface area contributed by atoms with E-state index < -0.39 is 0 Å². The van der Waals surface area contributed by atoms with Crippen LogP contribution in [0.2, 0.25) is 0 Å². The van der Waals surface area contributed by atoms with Gasteiger partial charge < -0.3 is 5.43 Å². The molecule has 0 atom stereocenters. The second-order valence-electron chi connectivity index (χ2n) is 0.494. The molecule has 0 fully saturated rings. The quantitative estimate of drug-likeness (QED) is 0.340. The standard InChI is InChI=1S/C3H6N2/c1-3-5-4-2/h4H,1H2,2H3. The van der Waals surface area contributed by atoms with Crippen molar-refractivity contribution in [3.63, 3.8) is 0 Å². The zero-order valence-corrected chi connectivity index (χ0v) is 3.15. The van der Waals surface area contributed by atoms with Gasteiger partial charge in [-0.05, 0) is 12.4 Å². The van der Waals surface area contributed by atoms with E-state index in [4.69, 9.17) is 0 Å². The molecule has 28 valence electrons. The van der Waals surface area contributed by atoms with Crippen LogP contribution in [-0.2, 0) is 0 Å². The van der Waals surface area contributed by atoms with Crippen molar-refractivity contribution in [3.05, 3.63) is 6.58 Å². The first-order valence-corrected chi connectivity index (χ1v) is 1.30. The average Bonchev–Trinajstić information content (AvgIpc) is 1.41. The van der Waals surface area contributed by atoms with Gasteiger partial charge in [0, 0.05) is 7.05 Å². The van der Waals surface area contributed by atoms with Crippen molar-refractivity contribution < 1.29 is 0 Å². The molecule has 2 heteroatoms. The SMILES string of the molecule is C=C=NNC. The van der Waals surface area contributed by atoms with E-state index in [-0.39, 0.29) is 0 Å². The van der Waals surface area contributed by atoms with Crippen LogP contribution in [0.5, 0.6) is 0 Å². The molecular weight excluding hydrogens is 64.0 g/mol. The molecule has 0 bridgehead atoms. The third-order valence-electron chi connectivity index (χ3n) is 0.191. The lowest BCUT2D eigenvalue weighted by molar-refractivity contribution is 0.911. The first kappa shape index (κ1) is 4.25. The van der Waals surface area contributed by atoms with Crippen LogP contribution in [0.3, 0.4) is 0 Å². The van der Waals surface area contributed by atoms with Crippen LogP contribution in [0.4, 0.5) is 0 Å². The second kappa shape index (κ2) is 3.25. The molecule has 0 radical (unpaired) electrons. The van der Waals surface area contributed by atoms with Crippen LogP contribution >= 0.6 is 0 Å². The van der Waals surface area contributed by atoms with Gasteiger partial charge in [-0.3, -0.25) is 0 Å². The molecule has 0 saturated carbocycles. The van der Waals surface area contributed by atoms with Crippen LogP contribution in [0.1, 0.15) is 0 Å². The van der Waals surface area contributed by atoms with Gasteiger partial charge >= 0.3 is 0 Å². The molecule has 5 heavy (non-hydrogen) atoms. The minimum atomic E-state index is 1.69. The molecule has 0 amide bonds. The van der Waals surface area contributed by atoms with E-state index in [0.29, 0.717) is 0 Å². The minimum absolute atomic E-state index is 1.69. The number of hydrogen-bond donors (Lipinski definition) is 1. The molecule has 1 N–H and O–H groups in total. The summed E-state index contributed by atoms with van der Waals surface area (Å²) in [4.78, 5) is 0. The molecule has 0 unspecified atom stereocenters. The van der Waals surface area contributed by atoms with E-state index in [2.05, 4.69) is 23.0 Å². The zero-order chi connectivity index (χ0) is 4.12. The minimum Gasteiger partial charge on any atom is -0.305 e. The lowest BCUT2D eigenvalue weighted by Gasteiger charge is -1.71. The summed E-state index contributed by atoms with van der Waals surface area (Å²) < 4.78 is 0. The van der Waals surface area contributed by atoms with E-state index in [0.717, 1.165) is 0 Å². The van der Waals surface area contributed by atoms with Gasteiger partial charge in [-0.15, -0.1) is 5.10 Å². The predicted molar refractivity (Wildman–Crippen MR) is 22.1 cm³/mol. The van der Waals surface area contributed by atoms with E-state index in [1.54, 1.807) is 7.05 Å². The van der Waals surface area contributed by atoms with Gasteiger partial charge in [-0.1, -0.05) is 0 Å². The molecule has 0 aromatic rings. The molecule has 0 aromatic carbocycles. The largest absolute Gasteiger partial charge is 0.305 e. The highest BCUT2D eigenvalue weighted by atomic mass is 15.2. The second-order valence-corrected chi connectivity index (χ2v) is 0.494. The maximum atomic E-state index is 3.36. The fraction of sp³-hybridized carbons (Fsp3) is 0.333. The van der Waals surface area contributed by atoms with Crippen LogP contribution in [0.25, 0.3) is 0 Å². The van der Waals surface area contributed by atoms with Crippen molar-refractivity contribution in [1.29, 1.82) is 0 Å². The zero-order valence-electron chi connectivity index (χ0n) is 3.15. The highest BCUT2D eigenvalue weighted by molar-refractivity contribution is 5.45. The van der Waals surface area contributed by atoms with E-state index in [9.17, 15) is 0 Å². The maximum absolute atomic E-state index is 3.36. The van der Waals surface area contributed by atoms with Crippen molar-refractivity contribution in [2.75, 3.05) is 7.05 Å². The Morgan fingerprint density at radius 1 is 2.00 bits per heavy atom. The van der Waals surface area contributed by atoms with Crippen molar-refractivity contribution in [2.24, 2.45) is 5.10 Å². The number of nitrogens with one attached hydrogen (secondary N) is 1. The number of hydrogen-bond acceptors (Lipinski definition) is 2. The molecule has 0 aliphatic rings. The maximum Gasteiger partial charge on any atom is 0.0224 e. The fourth-order valence-corrected chi connectivity index (χ4v) is 0.0791. The first-order chi connectivity index (χ1) is 2.41. The van der Waals surface area contributed by atoms with Crippen LogP contribution in [0.15, 0.2) is 11.7 Å².